The van der Waals surface area contributed by atoms with Crippen LogP contribution in [0.15, 0.2) is 18.2 Å². The summed E-state index contributed by atoms with van der Waals surface area (Å²) in [6.07, 6.45) is 2.95. The monoisotopic (exact) mass is 290 g/mol. The van der Waals surface area contributed by atoms with Gasteiger partial charge in [-0.05, 0) is 39.3 Å². The molecule has 0 bridgehead atoms. The van der Waals surface area contributed by atoms with Crippen LogP contribution in [0.3, 0.4) is 0 Å². The second-order valence-corrected chi connectivity index (χ2v) is 6.68. The number of likely N-dealkylation sites (tertiary alicyclic amines) is 1. The molecule has 0 amide bonds. The van der Waals surface area contributed by atoms with Crippen molar-refractivity contribution in [2.24, 2.45) is 0 Å². The molecule has 0 unspecified atom stereocenters. The van der Waals surface area contributed by atoms with Crippen LogP contribution in [-0.2, 0) is 0 Å². The van der Waals surface area contributed by atoms with Crippen molar-refractivity contribution < 1.29 is 9.84 Å². The highest BCUT2D eigenvalue weighted by Gasteiger charge is 2.35. The van der Waals surface area contributed by atoms with Gasteiger partial charge in [-0.1, -0.05) is 17.7 Å². The number of rotatable bonds is 3. The molecule has 3 rings (SSSR count). The summed E-state index contributed by atoms with van der Waals surface area (Å²) < 4.78 is 5.84. The van der Waals surface area contributed by atoms with E-state index in [4.69, 9.17) is 4.74 Å². The van der Waals surface area contributed by atoms with E-state index in [1.54, 1.807) is 0 Å². The van der Waals surface area contributed by atoms with E-state index in [2.05, 4.69) is 42.4 Å². The minimum atomic E-state index is -0.591. The summed E-state index contributed by atoms with van der Waals surface area (Å²) in [6.45, 7) is 5.27. The molecule has 0 radical (unpaired) electrons. The lowest BCUT2D eigenvalue weighted by Gasteiger charge is -2.27. The first kappa shape index (κ1) is 14.8. The maximum atomic E-state index is 10.6. The zero-order valence-corrected chi connectivity index (χ0v) is 13.1. The first-order valence-electron chi connectivity index (χ1n) is 7.93. The molecule has 0 aromatic heterocycles. The van der Waals surface area contributed by atoms with Crippen molar-refractivity contribution in [3.63, 3.8) is 0 Å². The second-order valence-electron chi connectivity index (χ2n) is 6.68. The third-order valence-corrected chi connectivity index (χ3v) is 4.64. The SMILES string of the molecule is Cc1ccc2c(c1)[C@@H](NC[C@]1(O)CCN(C)C1)CCCO2. The Morgan fingerprint density at radius 1 is 1.48 bits per heavy atom. The van der Waals surface area contributed by atoms with Gasteiger partial charge in [-0.25, -0.2) is 0 Å². The highest BCUT2D eigenvalue weighted by atomic mass is 16.5. The number of ether oxygens (including phenoxy) is 1. The molecule has 4 heteroatoms. The zero-order valence-electron chi connectivity index (χ0n) is 13.1. The number of benzene rings is 1. The Bertz CT molecular complexity index is 506. The fraction of sp³-hybridized carbons (Fsp3) is 0.647. The molecule has 2 aliphatic heterocycles. The number of β-amino-alcohol motifs (C(OH)–C–C–N with tert-alkyl or cyclic N) is 1. The van der Waals surface area contributed by atoms with E-state index in [0.29, 0.717) is 6.54 Å². The molecule has 1 aromatic rings. The number of nitrogens with zero attached hydrogens (tertiary/aromatic N) is 1. The van der Waals surface area contributed by atoms with E-state index in [9.17, 15) is 5.11 Å². The van der Waals surface area contributed by atoms with Crippen LogP contribution in [-0.4, -0.2) is 48.9 Å². The second kappa shape index (κ2) is 5.95. The van der Waals surface area contributed by atoms with Crippen molar-refractivity contribution in [1.29, 1.82) is 0 Å². The van der Waals surface area contributed by atoms with E-state index in [0.717, 1.165) is 44.7 Å². The van der Waals surface area contributed by atoms with Crippen molar-refractivity contribution in [1.82, 2.24) is 10.2 Å². The molecule has 2 N–H and O–H groups in total. The highest BCUT2D eigenvalue weighted by Crippen LogP contribution is 2.32. The summed E-state index contributed by atoms with van der Waals surface area (Å²) in [5, 5.41) is 14.2. The van der Waals surface area contributed by atoms with E-state index in [1.807, 2.05) is 0 Å². The topological polar surface area (TPSA) is 44.7 Å². The van der Waals surface area contributed by atoms with Gasteiger partial charge in [-0.15, -0.1) is 0 Å². The van der Waals surface area contributed by atoms with Crippen LogP contribution in [0.4, 0.5) is 0 Å². The van der Waals surface area contributed by atoms with E-state index >= 15 is 0 Å². The normalized spacial score (nSPS) is 29.8. The molecule has 1 aromatic carbocycles. The predicted octanol–water partition coefficient (Wildman–Crippen LogP) is 1.86. The van der Waals surface area contributed by atoms with Crippen LogP contribution in [0.2, 0.25) is 0 Å². The first-order valence-corrected chi connectivity index (χ1v) is 7.93. The Labute approximate surface area is 127 Å². The zero-order chi connectivity index (χ0) is 14.9. The highest BCUT2D eigenvalue weighted by molar-refractivity contribution is 5.39. The number of fused-ring (bicyclic) bond motifs is 1. The van der Waals surface area contributed by atoms with Gasteiger partial charge in [-0.3, -0.25) is 0 Å². The molecule has 2 heterocycles. The van der Waals surface area contributed by atoms with Crippen LogP contribution in [0.25, 0.3) is 0 Å². The lowest BCUT2D eigenvalue weighted by molar-refractivity contribution is 0.0486. The van der Waals surface area contributed by atoms with Crippen molar-refractivity contribution >= 4 is 0 Å². The molecule has 1 saturated heterocycles. The molecule has 2 atom stereocenters. The Morgan fingerprint density at radius 3 is 3.10 bits per heavy atom. The molecule has 0 aliphatic carbocycles. The third kappa shape index (κ3) is 3.39. The largest absolute Gasteiger partial charge is 0.493 e. The van der Waals surface area contributed by atoms with E-state index in [-0.39, 0.29) is 6.04 Å². The van der Waals surface area contributed by atoms with Gasteiger partial charge in [0.05, 0.1) is 12.2 Å². The Hall–Kier alpha value is -1.10. The minimum absolute atomic E-state index is 0.275. The van der Waals surface area contributed by atoms with E-state index < -0.39 is 5.60 Å². The number of aryl methyl sites for hydroxylation is 1. The van der Waals surface area contributed by atoms with Gasteiger partial charge in [0.2, 0.25) is 0 Å². The van der Waals surface area contributed by atoms with Crippen molar-refractivity contribution in [2.45, 2.75) is 37.8 Å². The average molecular weight is 290 g/mol. The summed E-state index contributed by atoms with van der Waals surface area (Å²) in [7, 11) is 2.07. The quantitative estimate of drug-likeness (QED) is 0.892. The van der Waals surface area contributed by atoms with Crippen molar-refractivity contribution in [3.05, 3.63) is 29.3 Å². The van der Waals surface area contributed by atoms with Crippen LogP contribution in [0.1, 0.15) is 36.4 Å². The summed E-state index contributed by atoms with van der Waals surface area (Å²) in [6, 6.07) is 6.66. The first-order chi connectivity index (χ1) is 10.1. The van der Waals surface area contributed by atoms with Crippen molar-refractivity contribution in [2.75, 3.05) is 33.3 Å². The smallest absolute Gasteiger partial charge is 0.124 e. The standard InChI is InChI=1S/C17H26N2O2/c1-13-5-6-16-14(10-13)15(4-3-9-21-16)18-11-17(20)7-8-19(2)12-17/h5-6,10,15,18,20H,3-4,7-9,11-12H2,1-2H3/t15-,17+/m0/s1. The molecule has 116 valence electrons. The van der Waals surface area contributed by atoms with Crippen molar-refractivity contribution in [3.8, 4) is 5.75 Å². The summed E-state index contributed by atoms with van der Waals surface area (Å²) in [5.74, 6) is 0.992. The van der Waals surface area contributed by atoms with Crippen LogP contribution in [0.5, 0.6) is 5.75 Å². The van der Waals surface area contributed by atoms with Gasteiger partial charge >= 0.3 is 0 Å². The average Bonchev–Trinajstić information content (AvgIpc) is 2.68. The number of hydrogen-bond acceptors (Lipinski definition) is 4. The predicted molar refractivity (Wildman–Crippen MR) is 83.7 cm³/mol. The summed E-state index contributed by atoms with van der Waals surface area (Å²) in [5.41, 5.74) is 1.90. The fourth-order valence-electron chi connectivity index (χ4n) is 3.43. The van der Waals surface area contributed by atoms with Gasteiger partial charge in [-0.2, -0.15) is 0 Å². The summed E-state index contributed by atoms with van der Waals surface area (Å²) in [4.78, 5) is 2.19. The molecule has 1 fully saturated rings. The maximum absolute atomic E-state index is 10.6. The van der Waals surface area contributed by atoms with Crippen LogP contribution < -0.4 is 10.1 Å². The number of aliphatic hydroxyl groups is 1. The maximum Gasteiger partial charge on any atom is 0.124 e. The Kier molecular flexibility index (Phi) is 4.20. The van der Waals surface area contributed by atoms with Gasteiger partial charge in [0.15, 0.2) is 0 Å². The lowest BCUT2D eigenvalue weighted by atomic mass is 9.97. The molecular formula is C17H26N2O2. The molecule has 4 nitrogen and oxygen atoms in total. The Balaban J connectivity index is 1.72. The fourth-order valence-corrected chi connectivity index (χ4v) is 3.43. The van der Waals surface area contributed by atoms with Crippen LogP contribution >= 0.6 is 0 Å². The third-order valence-electron chi connectivity index (χ3n) is 4.64. The molecule has 2 aliphatic rings. The number of likely N-dealkylation sites (N-methyl/N-ethyl adjacent to an activating group) is 1. The van der Waals surface area contributed by atoms with Gasteiger partial charge in [0.1, 0.15) is 5.75 Å². The number of hydrogen-bond donors (Lipinski definition) is 2. The van der Waals surface area contributed by atoms with E-state index in [1.165, 1.54) is 11.1 Å². The molecule has 0 spiro atoms. The lowest BCUT2D eigenvalue weighted by Crippen LogP contribution is -2.43. The molecular weight excluding hydrogens is 264 g/mol. The van der Waals surface area contributed by atoms with Gasteiger partial charge in [0.25, 0.3) is 0 Å². The Morgan fingerprint density at radius 2 is 2.33 bits per heavy atom. The number of nitrogens with one attached hydrogen (secondary N) is 1. The molecule has 0 saturated carbocycles. The minimum Gasteiger partial charge on any atom is -0.493 e. The van der Waals surface area contributed by atoms with Crippen LogP contribution in [0, 0.1) is 6.92 Å². The molecule has 21 heavy (non-hydrogen) atoms. The van der Waals surface area contributed by atoms with Gasteiger partial charge < -0.3 is 20.1 Å². The van der Waals surface area contributed by atoms with Gasteiger partial charge in [0, 0.05) is 31.2 Å². The summed E-state index contributed by atoms with van der Waals surface area (Å²) >= 11 is 0.